The zero-order valence-corrected chi connectivity index (χ0v) is 17.8. The molecule has 162 valence electrons. The van der Waals surface area contributed by atoms with Crippen molar-refractivity contribution in [3.63, 3.8) is 0 Å². The Morgan fingerprint density at radius 3 is 2.93 bits per heavy atom. The van der Waals surface area contributed by atoms with Crippen LogP contribution in [0.1, 0.15) is 24.8 Å². The number of pyridine rings is 1. The molecule has 0 fully saturated rings. The smallest absolute Gasteiger partial charge is 0.290 e. The van der Waals surface area contributed by atoms with Gasteiger partial charge in [0.25, 0.3) is 6.47 Å². The second-order valence-electron chi connectivity index (χ2n) is 6.61. The van der Waals surface area contributed by atoms with E-state index in [2.05, 4.69) is 36.7 Å². The number of carboxylic acid groups (broad SMARTS) is 1. The lowest BCUT2D eigenvalue weighted by Gasteiger charge is -2.12. The number of rotatable bonds is 9. The number of nitrogens with zero attached hydrogens (tertiary/aromatic N) is 2. The third-order valence-electron chi connectivity index (χ3n) is 4.25. The van der Waals surface area contributed by atoms with Gasteiger partial charge in [-0.05, 0) is 40.0 Å². The number of carbonyl (C=O) groups excluding carboxylic acids is 1. The van der Waals surface area contributed by atoms with Crippen LogP contribution >= 0.6 is 15.9 Å². The molecule has 0 spiro atoms. The van der Waals surface area contributed by atoms with E-state index in [0.29, 0.717) is 19.5 Å². The van der Waals surface area contributed by atoms with Crippen LogP contribution in [-0.4, -0.2) is 52.5 Å². The minimum Gasteiger partial charge on any atom is -0.483 e. The molecule has 0 saturated heterocycles. The van der Waals surface area contributed by atoms with Crippen LogP contribution in [0.25, 0.3) is 10.9 Å². The maximum atomic E-state index is 14.0. The van der Waals surface area contributed by atoms with Crippen molar-refractivity contribution >= 4 is 43.8 Å². The number of fused-ring (bicyclic) bond motifs is 1. The SMILES string of the molecule is O=C(CCC(F)CNCc1cnc2ccccc2c1)NCC1CC(Br)=NO1.O=CO. The van der Waals surface area contributed by atoms with Gasteiger partial charge in [-0.1, -0.05) is 23.4 Å². The van der Waals surface area contributed by atoms with Gasteiger partial charge in [0.05, 0.1) is 12.1 Å². The molecule has 2 aromatic rings. The Balaban J connectivity index is 0.00000101. The van der Waals surface area contributed by atoms with Crippen LogP contribution in [0.4, 0.5) is 4.39 Å². The summed E-state index contributed by atoms with van der Waals surface area (Å²) in [6.45, 7) is 0.868. The van der Waals surface area contributed by atoms with E-state index < -0.39 is 6.17 Å². The number of hydrogen-bond donors (Lipinski definition) is 3. The highest BCUT2D eigenvalue weighted by Gasteiger charge is 2.20. The fraction of sp³-hybridized carbons (Fsp3) is 0.400. The number of hydrogen-bond acceptors (Lipinski definition) is 6. The van der Waals surface area contributed by atoms with Crippen LogP contribution in [-0.2, 0) is 21.0 Å². The van der Waals surface area contributed by atoms with E-state index in [1.165, 1.54) is 0 Å². The van der Waals surface area contributed by atoms with Crippen molar-refractivity contribution in [3.8, 4) is 0 Å². The van der Waals surface area contributed by atoms with Crippen molar-refractivity contribution in [2.75, 3.05) is 13.1 Å². The van der Waals surface area contributed by atoms with Gasteiger partial charge in [-0.3, -0.25) is 14.6 Å². The van der Waals surface area contributed by atoms with E-state index >= 15 is 0 Å². The van der Waals surface area contributed by atoms with E-state index in [1.807, 2.05) is 30.3 Å². The molecular formula is C20H24BrFN4O4. The summed E-state index contributed by atoms with van der Waals surface area (Å²) in [5.74, 6) is -0.178. The number of alkyl halides is 1. The maximum Gasteiger partial charge on any atom is 0.290 e. The predicted octanol–water partition coefficient (Wildman–Crippen LogP) is 2.76. The summed E-state index contributed by atoms with van der Waals surface area (Å²) in [6.07, 6.45) is 1.53. The van der Waals surface area contributed by atoms with Crippen molar-refractivity contribution in [1.82, 2.24) is 15.6 Å². The standard InChI is InChI=1S/C19H22BrFN4O2.CH2O2/c20-18-8-16(27-25-18)12-24-19(26)6-5-15(21)11-22-9-13-7-14-3-1-2-4-17(14)23-10-13;2-1-3/h1-4,7,10,15-16,22H,5-6,8-9,11-12H2,(H,24,26);1H,(H,2,3). The first-order valence-electron chi connectivity index (χ1n) is 9.43. The minimum atomic E-state index is -1.08. The number of para-hydroxylation sites is 1. The first kappa shape index (κ1) is 23.7. The summed E-state index contributed by atoms with van der Waals surface area (Å²) in [4.78, 5) is 29.6. The summed E-state index contributed by atoms with van der Waals surface area (Å²) < 4.78 is 14.7. The summed E-state index contributed by atoms with van der Waals surface area (Å²) in [5.41, 5.74) is 1.95. The molecule has 2 heterocycles. The summed E-state index contributed by atoms with van der Waals surface area (Å²) in [7, 11) is 0. The first-order valence-corrected chi connectivity index (χ1v) is 10.2. The van der Waals surface area contributed by atoms with Crippen molar-refractivity contribution < 1.29 is 23.9 Å². The van der Waals surface area contributed by atoms with Gasteiger partial charge in [0, 0.05) is 37.5 Å². The van der Waals surface area contributed by atoms with Crippen LogP contribution in [0.3, 0.4) is 0 Å². The van der Waals surface area contributed by atoms with Crippen LogP contribution in [0.2, 0.25) is 0 Å². The van der Waals surface area contributed by atoms with E-state index in [1.54, 1.807) is 6.20 Å². The lowest BCUT2D eigenvalue weighted by molar-refractivity contribution is -0.123. The molecule has 3 rings (SSSR count). The Morgan fingerprint density at radius 1 is 1.43 bits per heavy atom. The summed E-state index contributed by atoms with van der Waals surface area (Å²) in [5, 5.41) is 17.5. The van der Waals surface area contributed by atoms with E-state index in [9.17, 15) is 9.18 Å². The molecule has 1 aliphatic rings. The number of halogens is 2. The van der Waals surface area contributed by atoms with Crippen molar-refractivity contribution in [2.24, 2.45) is 5.16 Å². The Bertz CT molecular complexity index is 868. The third kappa shape index (κ3) is 8.42. The van der Waals surface area contributed by atoms with E-state index in [4.69, 9.17) is 14.7 Å². The highest BCUT2D eigenvalue weighted by Crippen LogP contribution is 2.14. The molecular weight excluding hydrogens is 459 g/mol. The van der Waals surface area contributed by atoms with Crippen molar-refractivity contribution in [3.05, 3.63) is 42.1 Å². The molecule has 30 heavy (non-hydrogen) atoms. The lowest BCUT2D eigenvalue weighted by atomic mass is 10.1. The fourth-order valence-electron chi connectivity index (χ4n) is 2.80. The molecule has 10 heteroatoms. The second-order valence-corrected chi connectivity index (χ2v) is 7.53. The molecule has 0 saturated carbocycles. The Morgan fingerprint density at radius 2 is 2.20 bits per heavy atom. The number of benzene rings is 1. The van der Waals surface area contributed by atoms with E-state index in [-0.39, 0.29) is 37.9 Å². The van der Waals surface area contributed by atoms with Gasteiger partial charge in [0.15, 0.2) is 6.10 Å². The van der Waals surface area contributed by atoms with Gasteiger partial charge >= 0.3 is 0 Å². The second kappa shape index (κ2) is 12.9. The molecule has 1 amide bonds. The molecule has 8 nitrogen and oxygen atoms in total. The highest BCUT2D eigenvalue weighted by molar-refractivity contribution is 9.18. The average molecular weight is 483 g/mol. The zero-order chi connectivity index (χ0) is 21.8. The average Bonchev–Trinajstić information content (AvgIpc) is 3.16. The van der Waals surface area contributed by atoms with Crippen molar-refractivity contribution in [1.29, 1.82) is 0 Å². The molecule has 0 radical (unpaired) electrons. The fourth-order valence-corrected chi connectivity index (χ4v) is 3.24. The summed E-state index contributed by atoms with van der Waals surface area (Å²) >= 11 is 3.24. The van der Waals surface area contributed by atoms with Crippen LogP contribution < -0.4 is 10.6 Å². The Hall–Kier alpha value is -2.59. The van der Waals surface area contributed by atoms with Crippen LogP contribution in [0, 0.1) is 0 Å². The predicted molar refractivity (Wildman–Crippen MR) is 115 cm³/mol. The Kier molecular flexibility index (Phi) is 10.2. The number of nitrogens with one attached hydrogen (secondary N) is 2. The van der Waals surface area contributed by atoms with Crippen LogP contribution in [0.15, 0.2) is 41.7 Å². The zero-order valence-electron chi connectivity index (χ0n) is 16.3. The van der Waals surface area contributed by atoms with Gasteiger partial charge in [0.1, 0.15) is 10.8 Å². The normalized spacial score (nSPS) is 16.1. The van der Waals surface area contributed by atoms with Gasteiger partial charge < -0.3 is 20.6 Å². The number of aromatic nitrogens is 1. The van der Waals surface area contributed by atoms with Gasteiger partial charge in [-0.15, -0.1) is 0 Å². The quantitative estimate of drug-likeness (QED) is 0.473. The Labute approximate surface area is 182 Å². The minimum absolute atomic E-state index is 0.148. The molecule has 1 aromatic carbocycles. The largest absolute Gasteiger partial charge is 0.483 e. The highest BCUT2D eigenvalue weighted by atomic mass is 79.9. The lowest BCUT2D eigenvalue weighted by Crippen LogP contribution is -2.33. The van der Waals surface area contributed by atoms with Crippen molar-refractivity contribution in [2.45, 2.75) is 38.1 Å². The van der Waals surface area contributed by atoms with Crippen LogP contribution in [0.5, 0.6) is 0 Å². The number of carbonyl (C=O) groups is 2. The maximum absolute atomic E-state index is 14.0. The number of amides is 1. The molecule has 2 atom stereocenters. The molecule has 3 N–H and O–H groups in total. The molecule has 0 aliphatic carbocycles. The van der Waals surface area contributed by atoms with Gasteiger partial charge in [-0.25, -0.2) is 4.39 Å². The van der Waals surface area contributed by atoms with Gasteiger partial charge in [0.2, 0.25) is 5.91 Å². The summed E-state index contributed by atoms with van der Waals surface area (Å²) in [6, 6.07) is 9.92. The molecule has 0 bridgehead atoms. The van der Waals surface area contributed by atoms with E-state index in [0.717, 1.165) is 21.1 Å². The molecule has 1 aliphatic heterocycles. The first-order chi connectivity index (χ1) is 14.5. The topological polar surface area (TPSA) is 113 Å². The molecule has 1 aromatic heterocycles. The van der Waals surface area contributed by atoms with Gasteiger partial charge in [-0.2, -0.15) is 0 Å². The number of oxime groups is 1. The molecule has 2 unspecified atom stereocenters. The third-order valence-corrected chi connectivity index (χ3v) is 4.72. The monoisotopic (exact) mass is 482 g/mol.